The van der Waals surface area contributed by atoms with Crippen molar-refractivity contribution in [1.82, 2.24) is 0 Å². The zero-order chi connectivity index (χ0) is 15.9. The summed E-state index contributed by atoms with van der Waals surface area (Å²) in [5.41, 5.74) is 3.07. The standard InChI is InChI=1S/C21H28OS/c1-2-3-4-11-16-20-18-14-9-6-10-15-19(18)21(22-20)23-17-12-7-5-8-13-17/h5,7-8,12-13H,2-4,6,9-11,14-16H2,1H3. The molecule has 2 aromatic rings. The highest BCUT2D eigenvalue weighted by Crippen LogP contribution is 2.39. The maximum absolute atomic E-state index is 6.37. The van der Waals surface area contributed by atoms with E-state index in [2.05, 4.69) is 37.3 Å². The zero-order valence-electron chi connectivity index (χ0n) is 14.3. The van der Waals surface area contributed by atoms with Crippen LogP contribution >= 0.6 is 11.8 Å². The molecule has 0 unspecified atom stereocenters. The Kier molecular flexibility index (Phi) is 6.27. The topological polar surface area (TPSA) is 13.1 Å². The molecule has 1 aromatic heterocycles. The van der Waals surface area contributed by atoms with E-state index in [9.17, 15) is 0 Å². The Balaban J connectivity index is 1.79. The van der Waals surface area contributed by atoms with Crippen molar-refractivity contribution in [3.63, 3.8) is 0 Å². The third-order valence-corrected chi connectivity index (χ3v) is 5.75. The van der Waals surface area contributed by atoms with E-state index in [4.69, 9.17) is 4.42 Å². The van der Waals surface area contributed by atoms with E-state index < -0.39 is 0 Å². The highest BCUT2D eigenvalue weighted by atomic mass is 32.2. The molecule has 1 heterocycles. The van der Waals surface area contributed by atoms with Gasteiger partial charge >= 0.3 is 0 Å². The maximum atomic E-state index is 6.37. The van der Waals surface area contributed by atoms with Gasteiger partial charge in [0.05, 0.1) is 0 Å². The number of unbranched alkanes of at least 4 members (excludes halogenated alkanes) is 3. The Morgan fingerprint density at radius 1 is 0.913 bits per heavy atom. The first-order valence-corrected chi connectivity index (χ1v) is 10.1. The SMILES string of the molecule is CCCCCCc1oc(Sc2ccccc2)c2c1CCCCC2. The second-order valence-electron chi connectivity index (χ2n) is 6.56. The molecular weight excluding hydrogens is 300 g/mol. The smallest absolute Gasteiger partial charge is 0.168 e. The van der Waals surface area contributed by atoms with Gasteiger partial charge in [-0.05, 0) is 49.8 Å². The molecular formula is C21H28OS. The Labute approximate surface area is 144 Å². The summed E-state index contributed by atoms with van der Waals surface area (Å²) in [6.45, 7) is 2.27. The molecule has 2 heteroatoms. The largest absolute Gasteiger partial charge is 0.454 e. The molecule has 0 atom stereocenters. The van der Waals surface area contributed by atoms with Crippen molar-refractivity contribution in [1.29, 1.82) is 0 Å². The van der Waals surface area contributed by atoms with Crippen LogP contribution in [0.1, 0.15) is 68.8 Å². The molecule has 0 spiro atoms. The van der Waals surface area contributed by atoms with E-state index in [1.165, 1.54) is 79.1 Å². The molecule has 1 aromatic carbocycles. The highest BCUT2D eigenvalue weighted by Gasteiger charge is 2.22. The molecule has 0 bridgehead atoms. The predicted molar refractivity (Wildman–Crippen MR) is 98.4 cm³/mol. The van der Waals surface area contributed by atoms with Crippen LogP contribution in [0.5, 0.6) is 0 Å². The van der Waals surface area contributed by atoms with Gasteiger partial charge in [-0.1, -0.05) is 62.6 Å². The second kappa shape index (κ2) is 8.63. The number of hydrogen-bond acceptors (Lipinski definition) is 2. The lowest BCUT2D eigenvalue weighted by molar-refractivity contribution is 0.415. The minimum absolute atomic E-state index is 1.12. The number of furan rings is 1. The molecule has 3 rings (SSSR count). The lowest BCUT2D eigenvalue weighted by Crippen LogP contribution is -1.92. The van der Waals surface area contributed by atoms with Gasteiger partial charge in [-0.25, -0.2) is 0 Å². The van der Waals surface area contributed by atoms with Crippen LogP contribution in [0.4, 0.5) is 0 Å². The van der Waals surface area contributed by atoms with Crippen LogP contribution in [0.25, 0.3) is 0 Å². The van der Waals surface area contributed by atoms with Crippen molar-refractivity contribution < 1.29 is 4.42 Å². The van der Waals surface area contributed by atoms with Crippen molar-refractivity contribution in [2.24, 2.45) is 0 Å². The molecule has 0 radical (unpaired) electrons. The molecule has 0 fully saturated rings. The summed E-state index contributed by atoms with van der Waals surface area (Å²) in [6, 6.07) is 10.6. The molecule has 1 nitrogen and oxygen atoms in total. The fourth-order valence-electron chi connectivity index (χ4n) is 3.44. The van der Waals surface area contributed by atoms with Crippen molar-refractivity contribution in [3.05, 3.63) is 47.2 Å². The molecule has 1 aliphatic carbocycles. The van der Waals surface area contributed by atoms with E-state index in [0.29, 0.717) is 0 Å². The Morgan fingerprint density at radius 3 is 2.48 bits per heavy atom. The Bertz CT molecular complexity index is 600. The minimum atomic E-state index is 1.12. The van der Waals surface area contributed by atoms with Gasteiger partial charge in [0.25, 0.3) is 0 Å². The quantitative estimate of drug-likeness (QED) is 0.408. The van der Waals surface area contributed by atoms with Crippen LogP contribution in [-0.2, 0) is 19.3 Å². The molecule has 124 valence electrons. The van der Waals surface area contributed by atoms with Gasteiger partial charge in [0.1, 0.15) is 5.76 Å². The summed E-state index contributed by atoms with van der Waals surface area (Å²) >= 11 is 1.81. The Hall–Kier alpha value is -1.15. The monoisotopic (exact) mass is 328 g/mol. The number of benzene rings is 1. The van der Waals surface area contributed by atoms with Crippen LogP contribution in [-0.4, -0.2) is 0 Å². The van der Waals surface area contributed by atoms with Crippen LogP contribution in [0.3, 0.4) is 0 Å². The van der Waals surface area contributed by atoms with Gasteiger partial charge in [0.15, 0.2) is 5.09 Å². The van der Waals surface area contributed by atoms with Crippen molar-refractivity contribution in [3.8, 4) is 0 Å². The number of rotatable bonds is 7. The average Bonchev–Trinajstić information content (AvgIpc) is 2.76. The second-order valence-corrected chi connectivity index (χ2v) is 7.60. The number of aryl methyl sites for hydroxylation is 1. The molecule has 0 saturated carbocycles. The van der Waals surface area contributed by atoms with Gasteiger partial charge < -0.3 is 4.42 Å². The fraction of sp³-hybridized carbons (Fsp3) is 0.524. The summed E-state index contributed by atoms with van der Waals surface area (Å²) in [4.78, 5) is 1.28. The van der Waals surface area contributed by atoms with Gasteiger partial charge in [-0.3, -0.25) is 0 Å². The normalized spacial score (nSPS) is 14.5. The van der Waals surface area contributed by atoms with E-state index in [1.54, 1.807) is 5.56 Å². The molecule has 0 amide bonds. The lowest BCUT2D eigenvalue weighted by atomic mass is 10.0. The van der Waals surface area contributed by atoms with Crippen molar-refractivity contribution in [2.45, 2.75) is 81.1 Å². The van der Waals surface area contributed by atoms with Gasteiger partial charge in [-0.15, -0.1) is 0 Å². The molecule has 0 saturated heterocycles. The minimum Gasteiger partial charge on any atom is -0.454 e. The number of hydrogen-bond donors (Lipinski definition) is 0. The zero-order valence-corrected chi connectivity index (χ0v) is 15.1. The van der Waals surface area contributed by atoms with Crippen molar-refractivity contribution >= 4 is 11.8 Å². The van der Waals surface area contributed by atoms with Crippen molar-refractivity contribution in [2.75, 3.05) is 0 Å². The van der Waals surface area contributed by atoms with E-state index in [0.717, 1.165) is 6.42 Å². The van der Waals surface area contributed by atoms with E-state index >= 15 is 0 Å². The predicted octanol–water partition coefficient (Wildman–Crippen LogP) is 6.82. The van der Waals surface area contributed by atoms with Crippen LogP contribution in [0.2, 0.25) is 0 Å². The Morgan fingerprint density at radius 2 is 1.70 bits per heavy atom. The highest BCUT2D eigenvalue weighted by molar-refractivity contribution is 7.99. The average molecular weight is 329 g/mol. The summed E-state index contributed by atoms with van der Waals surface area (Å²) in [6.07, 6.45) is 12.8. The molecule has 1 aliphatic rings. The lowest BCUT2D eigenvalue weighted by Gasteiger charge is -2.02. The summed E-state index contributed by atoms with van der Waals surface area (Å²) < 4.78 is 6.37. The van der Waals surface area contributed by atoms with Gasteiger partial charge in [-0.2, -0.15) is 0 Å². The van der Waals surface area contributed by atoms with E-state index in [-0.39, 0.29) is 0 Å². The first-order valence-electron chi connectivity index (χ1n) is 9.24. The first kappa shape index (κ1) is 16.7. The van der Waals surface area contributed by atoms with Crippen LogP contribution < -0.4 is 0 Å². The summed E-state index contributed by atoms with van der Waals surface area (Å²) in [5, 5.41) is 1.17. The fourth-order valence-corrected chi connectivity index (χ4v) is 4.44. The number of fused-ring (bicyclic) bond motifs is 1. The summed E-state index contributed by atoms with van der Waals surface area (Å²) in [7, 11) is 0. The summed E-state index contributed by atoms with van der Waals surface area (Å²) in [5.74, 6) is 1.29. The first-order chi connectivity index (χ1) is 11.4. The molecule has 0 aliphatic heterocycles. The van der Waals surface area contributed by atoms with Crippen LogP contribution in [0, 0.1) is 0 Å². The van der Waals surface area contributed by atoms with Gasteiger partial charge in [0.2, 0.25) is 0 Å². The van der Waals surface area contributed by atoms with Crippen LogP contribution in [0.15, 0.2) is 44.7 Å². The maximum Gasteiger partial charge on any atom is 0.168 e. The van der Waals surface area contributed by atoms with E-state index in [1.807, 2.05) is 11.8 Å². The molecule has 23 heavy (non-hydrogen) atoms. The third-order valence-electron chi connectivity index (χ3n) is 4.73. The third kappa shape index (κ3) is 4.44. The molecule has 0 N–H and O–H groups in total. The van der Waals surface area contributed by atoms with Gasteiger partial charge in [0, 0.05) is 16.9 Å².